The van der Waals surface area contributed by atoms with Gasteiger partial charge in [-0.1, -0.05) is 12.1 Å². The van der Waals surface area contributed by atoms with E-state index in [4.69, 9.17) is 9.15 Å². The maximum Gasteiger partial charge on any atom is 0.263 e. The fourth-order valence-corrected chi connectivity index (χ4v) is 3.28. The fraction of sp³-hybridized carbons (Fsp3) is 0.217. The highest BCUT2D eigenvalue weighted by atomic mass is 16.5. The SMILES string of the molecule is COc1ccc(Cn2c(CCC(=O)NCc3ccco3)nc3ncccc3c2=O)cc1. The van der Waals surface area contributed by atoms with Gasteiger partial charge < -0.3 is 14.5 Å². The summed E-state index contributed by atoms with van der Waals surface area (Å²) in [5.41, 5.74) is 1.13. The standard InChI is InChI=1S/C23H22N4O4/c1-30-17-8-6-16(7-9-17)15-27-20(26-22-19(23(27)29)5-2-12-24-22)10-11-21(28)25-14-18-4-3-13-31-18/h2-9,12-13H,10-11,14-15H2,1H3,(H,25,28). The number of nitrogens with zero attached hydrogens (tertiary/aromatic N) is 3. The summed E-state index contributed by atoms with van der Waals surface area (Å²) in [7, 11) is 1.61. The molecule has 0 radical (unpaired) electrons. The van der Waals surface area contributed by atoms with Crippen LogP contribution in [0.3, 0.4) is 0 Å². The van der Waals surface area contributed by atoms with Gasteiger partial charge in [-0.3, -0.25) is 14.2 Å². The maximum atomic E-state index is 13.1. The van der Waals surface area contributed by atoms with E-state index in [0.717, 1.165) is 11.3 Å². The predicted molar refractivity (Wildman–Crippen MR) is 115 cm³/mol. The van der Waals surface area contributed by atoms with E-state index in [1.165, 1.54) is 0 Å². The summed E-state index contributed by atoms with van der Waals surface area (Å²) >= 11 is 0. The summed E-state index contributed by atoms with van der Waals surface area (Å²) in [6.07, 6.45) is 3.66. The van der Waals surface area contributed by atoms with Gasteiger partial charge in [-0.2, -0.15) is 0 Å². The lowest BCUT2D eigenvalue weighted by atomic mass is 10.2. The third kappa shape index (κ3) is 4.80. The summed E-state index contributed by atoms with van der Waals surface area (Å²) < 4.78 is 12.0. The monoisotopic (exact) mass is 418 g/mol. The van der Waals surface area contributed by atoms with E-state index >= 15 is 0 Å². The zero-order valence-electron chi connectivity index (χ0n) is 17.1. The van der Waals surface area contributed by atoms with Crippen molar-refractivity contribution >= 4 is 16.9 Å². The number of methoxy groups -OCH3 is 1. The average Bonchev–Trinajstić information content (AvgIpc) is 3.32. The number of rotatable bonds is 8. The van der Waals surface area contributed by atoms with E-state index in [0.29, 0.717) is 42.1 Å². The van der Waals surface area contributed by atoms with Crippen molar-refractivity contribution in [3.8, 4) is 5.75 Å². The van der Waals surface area contributed by atoms with Crippen LogP contribution in [0.5, 0.6) is 5.75 Å². The number of hydrogen-bond acceptors (Lipinski definition) is 6. The van der Waals surface area contributed by atoms with Gasteiger partial charge in [-0.25, -0.2) is 9.97 Å². The molecule has 0 unspecified atom stereocenters. The van der Waals surface area contributed by atoms with Gasteiger partial charge in [-0.05, 0) is 42.0 Å². The van der Waals surface area contributed by atoms with E-state index in [-0.39, 0.29) is 17.9 Å². The van der Waals surface area contributed by atoms with Crippen molar-refractivity contribution < 1.29 is 13.9 Å². The molecule has 0 saturated carbocycles. The van der Waals surface area contributed by atoms with Crippen LogP contribution in [0.2, 0.25) is 0 Å². The number of fused-ring (bicyclic) bond motifs is 1. The molecule has 0 aliphatic heterocycles. The minimum Gasteiger partial charge on any atom is -0.497 e. The number of benzene rings is 1. The molecule has 31 heavy (non-hydrogen) atoms. The van der Waals surface area contributed by atoms with Gasteiger partial charge in [0.2, 0.25) is 5.91 Å². The Morgan fingerprint density at radius 1 is 1.16 bits per heavy atom. The Labute approximate surface area is 178 Å². The van der Waals surface area contributed by atoms with Gasteiger partial charge in [0.1, 0.15) is 17.3 Å². The van der Waals surface area contributed by atoms with E-state index in [1.807, 2.05) is 24.3 Å². The maximum absolute atomic E-state index is 13.1. The third-order valence-corrected chi connectivity index (χ3v) is 4.92. The van der Waals surface area contributed by atoms with Gasteiger partial charge >= 0.3 is 0 Å². The molecule has 0 fully saturated rings. The Hall–Kier alpha value is -3.94. The average molecular weight is 418 g/mol. The van der Waals surface area contributed by atoms with Crippen molar-refractivity contribution in [2.45, 2.75) is 25.9 Å². The summed E-state index contributed by atoms with van der Waals surface area (Å²) in [4.78, 5) is 34.2. The molecule has 0 saturated heterocycles. The van der Waals surface area contributed by atoms with Crippen LogP contribution in [0.15, 0.2) is 70.2 Å². The van der Waals surface area contributed by atoms with Crippen LogP contribution in [0.4, 0.5) is 0 Å². The van der Waals surface area contributed by atoms with Crippen LogP contribution >= 0.6 is 0 Å². The van der Waals surface area contributed by atoms with Crippen molar-refractivity contribution in [2.24, 2.45) is 0 Å². The van der Waals surface area contributed by atoms with Gasteiger partial charge in [-0.15, -0.1) is 0 Å². The van der Waals surface area contributed by atoms with Gasteiger partial charge in [0.25, 0.3) is 5.56 Å². The molecule has 1 N–H and O–H groups in total. The highest BCUT2D eigenvalue weighted by Gasteiger charge is 2.14. The second-order valence-electron chi connectivity index (χ2n) is 7.00. The molecule has 1 aromatic carbocycles. The highest BCUT2D eigenvalue weighted by Crippen LogP contribution is 2.14. The van der Waals surface area contributed by atoms with Gasteiger partial charge in [0.15, 0.2) is 5.65 Å². The summed E-state index contributed by atoms with van der Waals surface area (Å²) in [5.74, 6) is 1.78. The summed E-state index contributed by atoms with van der Waals surface area (Å²) in [6, 6.07) is 14.5. The molecule has 0 bridgehead atoms. The number of amides is 1. The first-order valence-corrected chi connectivity index (χ1v) is 9.90. The lowest BCUT2D eigenvalue weighted by Crippen LogP contribution is -2.28. The quantitative estimate of drug-likeness (QED) is 0.472. The molecule has 8 nitrogen and oxygen atoms in total. The third-order valence-electron chi connectivity index (χ3n) is 4.92. The zero-order valence-corrected chi connectivity index (χ0v) is 17.1. The molecule has 0 atom stereocenters. The first-order valence-electron chi connectivity index (χ1n) is 9.90. The topological polar surface area (TPSA) is 99.2 Å². The number of hydrogen-bond donors (Lipinski definition) is 1. The Kier molecular flexibility index (Phi) is 6.07. The highest BCUT2D eigenvalue weighted by molar-refractivity contribution is 5.76. The summed E-state index contributed by atoms with van der Waals surface area (Å²) in [5, 5.41) is 3.26. The van der Waals surface area contributed by atoms with Crippen molar-refractivity contribution in [3.05, 3.63) is 88.5 Å². The molecule has 0 aliphatic carbocycles. The van der Waals surface area contributed by atoms with Crippen LogP contribution in [0.1, 0.15) is 23.6 Å². The van der Waals surface area contributed by atoms with Crippen molar-refractivity contribution in [1.29, 1.82) is 0 Å². The van der Waals surface area contributed by atoms with Crippen LogP contribution in [-0.2, 0) is 24.3 Å². The van der Waals surface area contributed by atoms with Crippen molar-refractivity contribution in [2.75, 3.05) is 7.11 Å². The molecule has 1 amide bonds. The Balaban J connectivity index is 1.57. The first kappa shape index (κ1) is 20.3. The van der Waals surface area contributed by atoms with Crippen LogP contribution in [0.25, 0.3) is 11.0 Å². The van der Waals surface area contributed by atoms with Crippen LogP contribution in [0, 0.1) is 0 Å². The number of carbonyl (C=O) groups is 1. The minimum atomic E-state index is -0.181. The molecule has 8 heteroatoms. The number of ether oxygens (including phenoxy) is 1. The minimum absolute atomic E-state index is 0.150. The Morgan fingerprint density at radius 2 is 2.00 bits per heavy atom. The largest absolute Gasteiger partial charge is 0.497 e. The normalized spacial score (nSPS) is 10.9. The van der Waals surface area contributed by atoms with E-state index in [9.17, 15) is 9.59 Å². The number of nitrogens with one attached hydrogen (secondary N) is 1. The first-order chi connectivity index (χ1) is 15.1. The number of furan rings is 1. The molecule has 3 aromatic heterocycles. The van der Waals surface area contributed by atoms with E-state index in [2.05, 4.69) is 15.3 Å². The number of pyridine rings is 1. The molecule has 3 heterocycles. The second kappa shape index (κ2) is 9.25. The van der Waals surface area contributed by atoms with Crippen molar-refractivity contribution in [3.63, 3.8) is 0 Å². The number of aromatic nitrogens is 3. The van der Waals surface area contributed by atoms with E-state index in [1.54, 1.807) is 48.4 Å². The number of aryl methyl sites for hydroxylation is 1. The van der Waals surface area contributed by atoms with Crippen molar-refractivity contribution in [1.82, 2.24) is 19.9 Å². The summed E-state index contributed by atoms with van der Waals surface area (Å²) in [6.45, 7) is 0.654. The predicted octanol–water partition coefficient (Wildman–Crippen LogP) is 2.69. The molecule has 0 spiro atoms. The second-order valence-corrected chi connectivity index (χ2v) is 7.00. The smallest absolute Gasteiger partial charge is 0.263 e. The molecular formula is C23H22N4O4. The molecule has 4 aromatic rings. The fourth-order valence-electron chi connectivity index (χ4n) is 3.28. The Bertz CT molecular complexity index is 1230. The number of carbonyl (C=O) groups excluding carboxylic acids is 1. The lowest BCUT2D eigenvalue weighted by molar-refractivity contribution is -0.121. The van der Waals surface area contributed by atoms with Gasteiger partial charge in [0, 0.05) is 19.0 Å². The van der Waals surface area contributed by atoms with Gasteiger partial charge in [0.05, 0.1) is 31.8 Å². The van der Waals surface area contributed by atoms with Crippen LogP contribution < -0.4 is 15.6 Å². The molecule has 158 valence electrons. The van der Waals surface area contributed by atoms with E-state index < -0.39 is 0 Å². The molecule has 0 aliphatic rings. The Morgan fingerprint density at radius 3 is 2.74 bits per heavy atom. The lowest BCUT2D eigenvalue weighted by Gasteiger charge is -2.14. The molecule has 4 rings (SSSR count). The zero-order chi connectivity index (χ0) is 21.6. The molecular weight excluding hydrogens is 396 g/mol. The van der Waals surface area contributed by atoms with Crippen LogP contribution in [-0.4, -0.2) is 27.6 Å².